The molecule has 0 aromatic rings. The Hall–Kier alpha value is -2.56. The smallest absolute Gasteiger partial charge is 0.462 e. The van der Waals surface area contributed by atoms with Gasteiger partial charge in [0.1, 0.15) is 98.7 Å². The first-order valence-electron chi connectivity index (χ1n) is 39.7. The zero-order valence-electron chi connectivity index (χ0n) is 61.9. The predicted octanol–water partition coefficient (Wildman–Crippen LogP) is 11.7. The lowest BCUT2D eigenvalue weighted by Gasteiger charge is -2.49. The van der Waals surface area contributed by atoms with Crippen molar-refractivity contribution in [2.75, 3.05) is 26.4 Å². The Kier molecular flexibility index (Phi) is 52.8. The summed E-state index contributed by atoms with van der Waals surface area (Å²) in [5.74, 6) is -2.21. The minimum absolute atomic E-state index is 0.0380. The Bertz CT molecular complexity index is 2180. The molecule has 24 nitrogen and oxygen atoms in total. The summed E-state index contributed by atoms with van der Waals surface area (Å²) < 4.78 is 65.0. The van der Waals surface area contributed by atoms with E-state index in [9.17, 15) is 74.9 Å². The van der Waals surface area contributed by atoms with E-state index in [1.165, 1.54) is 186 Å². The number of phosphoric ester groups is 1. The number of hydrogen-bond donors (Lipinski definition) is 11. The molecule has 3 aliphatic rings. The standard InChI is InChI=1S/C76H139O24P/c1-4-7-10-13-16-19-22-25-28-31-33-35-38-41-44-47-50-60(78)92-54-57(95-62(80)52-49-46-43-40-37-34-30-27-24-21-18-15-12-9-6-3)55-94-101(90,91)100-74-72(98-75-70(88)65(83)63(81)58(53-77)96-75)68(86)67(85)69(87)73(74)99-76-71(89)66(84)64(82)59(97-76)56-93-61(79)51-48-45-42-39-36-32-29-26-23-20-17-14-11-8-5-2/h42,45,48,51,57-59,63-77,81-89H,4-41,43-44,46-47,49-50,52-56H2,1-3H3,(H,90,91)/b45-42+,51-48+. The summed E-state index contributed by atoms with van der Waals surface area (Å²) in [6, 6.07) is 0. The van der Waals surface area contributed by atoms with Crippen LogP contribution >= 0.6 is 7.82 Å². The molecule has 0 aromatic heterocycles. The third kappa shape index (κ3) is 40.3. The van der Waals surface area contributed by atoms with Gasteiger partial charge in [0, 0.05) is 18.9 Å². The van der Waals surface area contributed by atoms with Gasteiger partial charge in [-0.1, -0.05) is 289 Å². The van der Waals surface area contributed by atoms with E-state index in [0.29, 0.717) is 12.8 Å². The van der Waals surface area contributed by atoms with Gasteiger partial charge >= 0.3 is 25.7 Å². The number of unbranched alkanes of at least 4 members (excludes halogenated alkanes) is 40. The second-order valence-electron chi connectivity index (χ2n) is 28.5. The molecule has 2 heterocycles. The molecule has 0 radical (unpaired) electrons. The van der Waals surface area contributed by atoms with Gasteiger partial charge in [-0.25, -0.2) is 9.36 Å². The van der Waals surface area contributed by atoms with Crippen molar-refractivity contribution in [1.82, 2.24) is 0 Å². The number of ether oxygens (including phenoxy) is 7. The van der Waals surface area contributed by atoms with E-state index in [1.54, 1.807) is 6.08 Å². The highest BCUT2D eigenvalue weighted by Crippen LogP contribution is 2.49. The van der Waals surface area contributed by atoms with Crippen molar-refractivity contribution < 1.29 is 117 Å². The quantitative estimate of drug-likeness (QED) is 0.00673. The van der Waals surface area contributed by atoms with Gasteiger partial charge in [-0.3, -0.25) is 18.6 Å². The molecule has 0 spiro atoms. The highest BCUT2D eigenvalue weighted by atomic mass is 31.2. The van der Waals surface area contributed by atoms with E-state index in [1.807, 2.05) is 6.08 Å². The van der Waals surface area contributed by atoms with Gasteiger partial charge in [0.25, 0.3) is 0 Å². The molecule has 3 fully saturated rings. The maximum Gasteiger partial charge on any atom is 0.472 e. The van der Waals surface area contributed by atoms with Gasteiger partial charge in [0.05, 0.1) is 13.2 Å². The van der Waals surface area contributed by atoms with Crippen LogP contribution in [0.5, 0.6) is 0 Å². The Balaban J connectivity index is 1.73. The second kappa shape index (κ2) is 57.6. The summed E-state index contributed by atoms with van der Waals surface area (Å²) >= 11 is 0. The minimum atomic E-state index is -5.71. The van der Waals surface area contributed by atoms with Crippen LogP contribution in [0.2, 0.25) is 0 Å². The molecule has 0 aromatic carbocycles. The van der Waals surface area contributed by atoms with Crippen molar-refractivity contribution in [1.29, 1.82) is 0 Å². The summed E-state index contributed by atoms with van der Waals surface area (Å²) in [4.78, 5) is 51.0. The summed E-state index contributed by atoms with van der Waals surface area (Å²) in [5.41, 5.74) is 0. The Morgan fingerprint density at radius 1 is 0.406 bits per heavy atom. The molecule has 1 aliphatic carbocycles. The molecule has 11 N–H and O–H groups in total. The first kappa shape index (κ1) is 92.6. The van der Waals surface area contributed by atoms with E-state index in [2.05, 4.69) is 20.8 Å². The van der Waals surface area contributed by atoms with Gasteiger partial charge in [0.15, 0.2) is 18.7 Å². The average molecular weight is 1470 g/mol. The summed E-state index contributed by atoms with van der Waals surface area (Å²) in [6.45, 7) is 3.40. The maximum atomic E-state index is 14.4. The Morgan fingerprint density at radius 2 is 0.762 bits per heavy atom. The van der Waals surface area contributed by atoms with Crippen LogP contribution in [0.15, 0.2) is 24.3 Å². The van der Waals surface area contributed by atoms with Gasteiger partial charge in [-0.05, 0) is 25.7 Å². The van der Waals surface area contributed by atoms with Crippen LogP contribution in [0, 0.1) is 0 Å². The number of hydrogen-bond acceptors (Lipinski definition) is 23. The van der Waals surface area contributed by atoms with Crippen molar-refractivity contribution in [3.8, 4) is 0 Å². The van der Waals surface area contributed by atoms with Crippen molar-refractivity contribution in [2.24, 2.45) is 0 Å². The zero-order valence-corrected chi connectivity index (χ0v) is 62.8. The number of carbonyl (C=O) groups is 3. The lowest BCUT2D eigenvalue weighted by Crippen LogP contribution is -2.69. The van der Waals surface area contributed by atoms with E-state index >= 15 is 0 Å². The predicted molar refractivity (Wildman–Crippen MR) is 384 cm³/mol. The summed E-state index contributed by atoms with van der Waals surface area (Å²) in [6.07, 6.45) is 20.0. The molecule has 592 valence electrons. The lowest BCUT2D eigenvalue weighted by molar-refractivity contribution is -0.360. The van der Waals surface area contributed by atoms with Crippen LogP contribution < -0.4 is 0 Å². The monoisotopic (exact) mass is 1470 g/mol. The van der Waals surface area contributed by atoms with E-state index in [4.69, 9.17) is 42.2 Å². The Morgan fingerprint density at radius 3 is 1.17 bits per heavy atom. The number of aliphatic hydroxyl groups excluding tert-OH is 10. The third-order valence-electron chi connectivity index (χ3n) is 19.6. The normalized spacial score (nSPS) is 27.3. The fraction of sp³-hybridized carbons (Fsp3) is 0.908. The van der Waals surface area contributed by atoms with Crippen molar-refractivity contribution >= 4 is 25.7 Å². The van der Waals surface area contributed by atoms with Crippen molar-refractivity contribution in [3.05, 3.63) is 24.3 Å². The van der Waals surface area contributed by atoms with Crippen LogP contribution in [0.25, 0.3) is 0 Å². The fourth-order valence-corrected chi connectivity index (χ4v) is 14.1. The molecule has 25 heteroatoms. The molecule has 18 unspecified atom stereocenters. The number of phosphoric acid groups is 1. The molecule has 101 heavy (non-hydrogen) atoms. The van der Waals surface area contributed by atoms with Gasteiger partial charge < -0.3 is 89.1 Å². The highest BCUT2D eigenvalue weighted by molar-refractivity contribution is 7.47. The lowest BCUT2D eigenvalue weighted by atomic mass is 9.84. The zero-order chi connectivity index (χ0) is 73.9. The van der Waals surface area contributed by atoms with Crippen LogP contribution in [0.1, 0.15) is 310 Å². The van der Waals surface area contributed by atoms with Gasteiger partial charge in [-0.2, -0.15) is 0 Å². The minimum Gasteiger partial charge on any atom is -0.462 e. The van der Waals surface area contributed by atoms with E-state index in [0.717, 1.165) is 89.5 Å². The van der Waals surface area contributed by atoms with Crippen LogP contribution in [0.4, 0.5) is 0 Å². The molecule has 2 saturated heterocycles. The molecule has 3 rings (SSSR count). The summed E-state index contributed by atoms with van der Waals surface area (Å²) in [7, 11) is -5.71. The fourth-order valence-electron chi connectivity index (χ4n) is 13.1. The highest BCUT2D eigenvalue weighted by Gasteiger charge is 2.58. The number of esters is 3. The molecular formula is C76H139O24P. The maximum absolute atomic E-state index is 14.4. The molecular weight excluding hydrogens is 1330 g/mol. The molecule has 18 atom stereocenters. The second-order valence-corrected chi connectivity index (χ2v) is 29.9. The Labute approximate surface area is 605 Å². The molecule has 2 aliphatic heterocycles. The van der Waals surface area contributed by atoms with E-state index < -0.39 is 156 Å². The van der Waals surface area contributed by atoms with Crippen LogP contribution in [0.3, 0.4) is 0 Å². The van der Waals surface area contributed by atoms with Crippen LogP contribution in [-0.2, 0) is 61.2 Å². The number of carbonyl (C=O) groups excluding carboxylic acids is 3. The topological polar surface area (TPSA) is 374 Å². The average Bonchev–Trinajstić information content (AvgIpc) is 0.762. The van der Waals surface area contributed by atoms with Gasteiger partial charge in [0.2, 0.25) is 0 Å². The van der Waals surface area contributed by atoms with Crippen LogP contribution in [-0.4, -0.2) is 204 Å². The molecule has 0 bridgehead atoms. The first-order valence-corrected chi connectivity index (χ1v) is 41.2. The largest absolute Gasteiger partial charge is 0.472 e. The van der Waals surface area contributed by atoms with Crippen molar-refractivity contribution in [3.63, 3.8) is 0 Å². The SMILES string of the molecule is CCCCCCCCCCCCC/C=C/C=C/C(=O)OCC1OC(OC2C(O)C(O)C(O)C(OC3OC(CO)C(O)C(O)C3O)C2OP(=O)(O)OCC(COC(=O)CCCCCCCCCCCCCCCCCC)OC(=O)CCCCCCCCCCCCCCCCC)C(O)C(O)C1O. The summed E-state index contributed by atoms with van der Waals surface area (Å²) in [5, 5.41) is 110. The molecule has 0 amide bonds. The molecule has 1 saturated carbocycles. The van der Waals surface area contributed by atoms with E-state index in [-0.39, 0.29) is 12.8 Å². The number of allylic oxidation sites excluding steroid dienone is 3. The number of rotatable bonds is 62. The third-order valence-corrected chi connectivity index (χ3v) is 20.6. The van der Waals surface area contributed by atoms with Crippen molar-refractivity contribution in [2.45, 2.75) is 414 Å². The van der Waals surface area contributed by atoms with Gasteiger partial charge in [-0.15, -0.1) is 0 Å². The first-order chi connectivity index (χ1) is 48.8. The number of aliphatic hydroxyl groups is 10.